The lowest BCUT2D eigenvalue weighted by Gasteiger charge is -2.11. The van der Waals surface area contributed by atoms with Crippen LogP contribution in [0.4, 0.5) is 24.5 Å². The number of anilines is 2. The first-order valence-electron chi connectivity index (χ1n) is 5.36. The van der Waals surface area contributed by atoms with E-state index in [1.807, 2.05) is 0 Å². The summed E-state index contributed by atoms with van der Waals surface area (Å²) in [7, 11) is 0. The minimum absolute atomic E-state index is 0.00930. The average Bonchev–Trinajstić information content (AvgIpc) is 2.72. The lowest BCUT2D eigenvalue weighted by molar-refractivity contribution is -0.137. The monoisotopic (exact) mass is 272 g/mol. The summed E-state index contributed by atoms with van der Waals surface area (Å²) >= 11 is 0. The number of hydrogen-bond donors (Lipinski definition) is 2. The Labute approximate surface area is 106 Å². The van der Waals surface area contributed by atoms with Crippen LogP contribution in [0.3, 0.4) is 0 Å². The second kappa shape index (κ2) is 4.79. The molecule has 2 rings (SSSR count). The SMILES string of the molecule is Cc1nc(CNc2ccc(C(F)(F)F)cc2N)no1. The molecule has 2 aromatic rings. The summed E-state index contributed by atoms with van der Waals surface area (Å²) in [4.78, 5) is 3.95. The van der Waals surface area contributed by atoms with Gasteiger partial charge in [0.1, 0.15) is 0 Å². The lowest BCUT2D eigenvalue weighted by Crippen LogP contribution is -2.08. The minimum atomic E-state index is -4.41. The number of aryl methyl sites for hydroxylation is 1. The Morgan fingerprint density at radius 1 is 1.37 bits per heavy atom. The molecule has 0 unspecified atom stereocenters. The van der Waals surface area contributed by atoms with Gasteiger partial charge >= 0.3 is 6.18 Å². The van der Waals surface area contributed by atoms with Crippen molar-refractivity contribution in [2.24, 2.45) is 0 Å². The molecule has 0 saturated heterocycles. The summed E-state index contributed by atoms with van der Waals surface area (Å²) in [5, 5.41) is 6.49. The molecule has 19 heavy (non-hydrogen) atoms. The number of nitrogens with zero attached hydrogens (tertiary/aromatic N) is 2. The van der Waals surface area contributed by atoms with Gasteiger partial charge in [-0.3, -0.25) is 0 Å². The summed E-state index contributed by atoms with van der Waals surface area (Å²) in [6.07, 6.45) is -4.41. The van der Waals surface area contributed by atoms with Crippen molar-refractivity contribution >= 4 is 11.4 Å². The molecule has 0 amide bonds. The van der Waals surface area contributed by atoms with Gasteiger partial charge in [0.2, 0.25) is 5.89 Å². The smallest absolute Gasteiger partial charge is 0.397 e. The fourth-order valence-corrected chi connectivity index (χ4v) is 1.49. The van der Waals surface area contributed by atoms with Crippen molar-refractivity contribution in [1.29, 1.82) is 0 Å². The third kappa shape index (κ3) is 3.15. The molecule has 0 aliphatic rings. The lowest BCUT2D eigenvalue weighted by atomic mass is 10.1. The van der Waals surface area contributed by atoms with E-state index in [1.54, 1.807) is 6.92 Å². The second-order valence-electron chi connectivity index (χ2n) is 3.88. The third-order valence-corrected chi connectivity index (χ3v) is 2.39. The largest absolute Gasteiger partial charge is 0.416 e. The van der Waals surface area contributed by atoms with E-state index in [0.717, 1.165) is 12.1 Å². The molecule has 0 atom stereocenters. The summed E-state index contributed by atoms with van der Waals surface area (Å²) < 4.78 is 42.1. The van der Waals surface area contributed by atoms with Crippen LogP contribution in [0.2, 0.25) is 0 Å². The van der Waals surface area contributed by atoms with Crippen molar-refractivity contribution in [2.45, 2.75) is 19.6 Å². The number of benzene rings is 1. The van der Waals surface area contributed by atoms with E-state index in [2.05, 4.69) is 15.5 Å². The molecule has 1 aromatic carbocycles. The van der Waals surface area contributed by atoms with Crippen LogP contribution in [-0.4, -0.2) is 10.1 Å². The van der Waals surface area contributed by atoms with Crippen LogP contribution in [0.15, 0.2) is 22.7 Å². The number of hydrogen-bond acceptors (Lipinski definition) is 5. The number of nitrogens with two attached hydrogens (primary N) is 1. The van der Waals surface area contributed by atoms with Gasteiger partial charge in [0.15, 0.2) is 5.82 Å². The molecular weight excluding hydrogens is 261 g/mol. The van der Waals surface area contributed by atoms with E-state index in [4.69, 9.17) is 10.3 Å². The molecule has 3 N–H and O–H groups in total. The summed E-state index contributed by atoms with van der Waals surface area (Å²) in [6.45, 7) is 1.86. The first-order chi connectivity index (χ1) is 8.86. The van der Waals surface area contributed by atoms with Crippen molar-refractivity contribution in [3.8, 4) is 0 Å². The van der Waals surface area contributed by atoms with Crippen LogP contribution in [0.25, 0.3) is 0 Å². The molecule has 0 aliphatic carbocycles. The highest BCUT2D eigenvalue weighted by atomic mass is 19.4. The molecule has 0 bridgehead atoms. The van der Waals surface area contributed by atoms with E-state index in [0.29, 0.717) is 17.4 Å². The van der Waals surface area contributed by atoms with Gasteiger partial charge in [-0.15, -0.1) is 0 Å². The molecule has 1 aromatic heterocycles. The van der Waals surface area contributed by atoms with Crippen molar-refractivity contribution in [1.82, 2.24) is 10.1 Å². The highest BCUT2D eigenvalue weighted by Crippen LogP contribution is 2.32. The molecular formula is C11H11F3N4O. The van der Waals surface area contributed by atoms with Crippen molar-refractivity contribution in [2.75, 3.05) is 11.1 Å². The van der Waals surface area contributed by atoms with Gasteiger partial charge in [0, 0.05) is 6.92 Å². The molecule has 5 nitrogen and oxygen atoms in total. The zero-order valence-electron chi connectivity index (χ0n) is 9.95. The summed E-state index contributed by atoms with van der Waals surface area (Å²) in [6, 6.07) is 3.11. The standard InChI is InChI=1S/C11H11F3N4O/c1-6-17-10(18-19-6)5-16-9-3-2-7(4-8(9)15)11(12,13)14/h2-4,16H,5,15H2,1H3. The molecule has 1 heterocycles. The quantitative estimate of drug-likeness (QED) is 0.840. The normalized spacial score (nSPS) is 11.6. The number of rotatable bonds is 3. The molecule has 0 spiro atoms. The highest BCUT2D eigenvalue weighted by molar-refractivity contribution is 5.67. The number of nitrogens with one attached hydrogen (secondary N) is 1. The van der Waals surface area contributed by atoms with Crippen molar-refractivity contribution < 1.29 is 17.7 Å². The van der Waals surface area contributed by atoms with Crippen LogP contribution in [0.1, 0.15) is 17.3 Å². The summed E-state index contributed by atoms with van der Waals surface area (Å²) in [5.74, 6) is 0.814. The first-order valence-corrected chi connectivity index (χ1v) is 5.36. The van der Waals surface area contributed by atoms with E-state index in [9.17, 15) is 13.2 Å². The van der Waals surface area contributed by atoms with Crippen LogP contribution in [-0.2, 0) is 12.7 Å². The maximum Gasteiger partial charge on any atom is 0.416 e. The molecule has 0 aliphatic heterocycles. The zero-order valence-corrected chi connectivity index (χ0v) is 9.95. The van der Waals surface area contributed by atoms with Crippen molar-refractivity contribution in [3.63, 3.8) is 0 Å². The highest BCUT2D eigenvalue weighted by Gasteiger charge is 2.30. The van der Waals surface area contributed by atoms with Gasteiger partial charge in [-0.1, -0.05) is 5.16 Å². The van der Waals surface area contributed by atoms with Gasteiger partial charge in [-0.25, -0.2) is 0 Å². The predicted octanol–water partition coefficient (Wildman–Crippen LogP) is 2.59. The Hall–Kier alpha value is -2.25. The van der Waals surface area contributed by atoms with Crippen LogP contribution < -0.4 is 11.1 Å². The maximum atomic E-state index is 12.4. The fraction of sp³-hybridized carbons (Fsp3) is 0.273. The first kappa shape index (κ1) is 13.2. The fourth-order valence-electron chi connectivity index (χ4n) is 1.49. The Morgan fingerprint density at radius 2 is 2.11 bits per heavy atom. The third-order valence-electron chi connectivity index (χ3n) is 2.39. The maximum absolute atomic E-state index is 12.4. The van der Waals surface area contributed by atoms with Gasteiger partial charge in [0.05, 0.1) is 23.5 Å². The van der Waals surface area contributed by atoms with E-state index in [1.165, 1.54) is 6.07 Å². The van der Waals surface area contributed by atoms with Gasteiger partial charge in [-0.2, -0.15) is 18.2 Å². The Morgan fingerprint density at radius 3 is 2.63 bits per heavy atom. The Kier molecular flexibility index (Phi) is 3.32. The predicted molar refractivity (Wildman–Crippen MR) is 62.2 cm³/mol. The topological polar surface area (TPSA) is 77.0 Å². The van der Waals surface area contributed by atoms with Crippen LogP contribution in [0.5, 0.6) is 0 Å². The van der Waals surface area contributed by atoms with E-state index < -0.39 is 11.7 Å². The molecule has 0 fully saturated rings. The number of nitrogen functional groups attached to an aromatic ring is 1. The number of alkyl halides is 3. The number of halogens is 3. The second-order valence-corrected chi connectivity index (χ2v) is 3.88. The minimum Gasteiger partial charge on any atom is -0.397 e. The zero-order chi connectivity index (χ0) is 14.0. The summed E-state index contributed by atoms with van der Waals surface area (Å²) in [5.41, 5.74) is 5.17. The average molecular weight is 272 g/mol. The van der Waals surface area contributed by atoms with Gasteiger partial charge < -0.3 is 15.6 Å². The Balaban J connectivity index is 2.09. The van der Waals surface area contributed by atoms with Gasteiger partial charge in [0.25, 0.3) is 0 Å². The van der Waals surface area contributed by atoms with E-state index >= 15 is 0 Å². The van der Waals surface area contributed by atoms with E-state index in [-0.39, 0.29) is 12.2 Å². The van der Waals surface area contributed by atoms with Gasteiger partial charge in [-0.05, 0) is 18.2 Å². The molecule has 0 saturated carbocycles. The van der Waals surface area contributed by atoms with Crippen LogP contribution >= 0.6 is 0 Å². The molecule has 102 valence electrons. The van der Waals surface area contributed by atoms with Crippen LogP contribution in [0, 0.1) is 6.92 Å². The van der Waals surface area contributed by atoms with Crippen molar-refractivity contribution in [3.05, 3.63) is 35.5 Å². The number of aromatic nitrogens is 2. The Bertz CT molecular complexity index is 580. The molecule has 0 radical (unpaired) electrons. The molecule has 8 heteroatoms.